The lowest BCUT2D eigenvalue weighted by Crippen LogP contribution is -1.80. The van der Waals surface area contributed by atoms with Crippen LogP contribution in [0.3, 0.4) is 0 Å². The van der Waals surface area contributed by atoms with Crippen molar-refractivity contribution >= 4 is 6.29 Å². The number of hydrogen-bond acceptors (Lipinski definition) is 2. The van der Waals surface area contributed by atoms with Crippen LogP contribution in [-0.2, 0) is 4.79 Å². The van der Waals surface area contributed by atoms with Crippen LogP contribution in [0.2, 0.25) is 0 Å². The predicted molar refractivity (Wildman–Crippen MR) is 61.4 cm³/mol. The first-order chi connectivity index (χ1) is 6.83. The summed E-state index contributed by atoms with van der Waals surface area (Å²) in [6.45, 7) is 4.65. The van der Waals surface area contributed by atoms with Crippen LogP contribution < -0.4 is 0 Å². The summed E-state index contributed by atoms with van der Waals surface area (Å²) >= 11 is 0. The van der Waals surface area contributed by atoms with Crippen LogP contribution >= 0.6 is 0 Å². The largest absolute Gasteiger partial charge is 0.396 e. The van der Waals surface area contributed by atoms with E-state index in [4.69, 9.17) is 5.11 Å². The van der Waals surface area contributed by atoms with Crippen LogP contribution in [0.25, 0.3) is 0 Å². The molecule has 0 fully saturated rings. The van der Waals surface area contributed by atoms with Gasteiger partial charge in [-0.2, -0.15) is 0 Å². The zero-order chi connectivity index (χ0) is 11.1. The summed E-state index contributed by atoms with van der Waals surface area (Å²) < 4.78 is 0. The van der Waals surface area contributed by atoms with Gasteiger partial charge in [0, 0.05) is 13.0 Å². The van der Waals surface area contributed by atoms with E-state index < -0.39 is 0 Å². The Bertz CT molecular complexity index is 88.3. The molecule has 2 heteroatoms. The molecule has 0 bridgehead atoms. The van der Waals surface area contributed by atoms with Crippen molar-refractivity contribution in [1.29, 1.82) is 0 Å². The topological polar surface area (TPSA) is 37.3 Å². The molecule has 0 unspecified atom stereocenters. The number of carbonyl (C=O) groups excluding carboxylic acids is 1. The zero-order valence-corrected chi connectivity index (χ0v) is 9.80. The molecule has 1 N–H and O–H groups in total. The summed E-state index contributed by atoms with van der Waals surface area (Å²) in [5, 5.41) is 8.29. The van der Waals surface area contributed by atoms with E-state index in [1.807, 2.05) is 0 Å². The van der Waals surface area contributed by atoms with Gasteiger partial charge >= 0.3 is 0 Å². The van der Waals surface area contributed by atoms with Gasteiger partial charge in [0.1, 0.15) is 6.29 Å². The van der Waals surface area contributed by atoms with E-state index in [-0.39, 0.29) is 0 Å². The second-order valence-electron chi connectivity index (χ2n) is 3.45. The van der Waals surface area contributed by atoms with E-state index in [9.17, 15) is 4.79 Å². The Morgan fingerprint density at radius 1 is 0.929 bits per heavy atom. The smallest absolute Gasteiger partial charge is 0.119 e. The molecule has 0 amide bonds. The van der Waals surface area contributed by atoms with E-state index in [0.717, 1.165) is 25.5 Å². The lowest BCUT2D eigenvalue weighted by Gasteiger charge is -1.90. The molecule has 0 heterocycles. The molecule has 0 rings (SSSR count). The number of aldehydes is 1. The Kier molecular flexibility index (Phi) is 21.2. The number of carbonyl (C=O) groups is 1. The van der Waals surface area contributed by atoms with Crippen LogP contribution in [0.4, 0.5) is 0 Å². The van der Waals surface area contributed by atoms with Crippen LogP contribution in [0.15, 0.2) is 0 Å². The maximum absolute atomic E-state index is 9.68. The number of aliphatic hydroxyl groups is 1. The van der Waals surface area contributed by atoms with E-state index in [1.165, 1.54) is 32.1 Å². The third-order valence-corrected chi connectivity index (χ3v) is 1.94. The molecule has 0 aromatic rings. The predicted octanol–water partition coefficient (Wildman–Crippen LogP) is 3.32. The Morgan fingerprint density at radius 2 is 1.50 bits per heavy atom. The molecule has 86 valence electrons. The van der Waals surface area contributed by atoms with Gasteiger partial charge in [0.25, 0.3) is 0 Å². The standard InChI is InChI=1S/C6H14O.C6H12O/c2*1-2-3-4-5-6-7/h7H,2-6H2,1H3;6H,2-5H2,1H3. The second kappa shape index (κ2) is 18.4. The normalized spacial score (nSPS) is 9.07. The summed E-state index contributed by atoms with van der Waals surface area (Å²) in [5.74, 6) is 0. The van der Waals surface area contributed by atoms with Gasteiger partial charge in [-0.15, -0.1) is 0 Å². The van der Waals surface area contributed by atoms with Crippen LogP contribution in [0.5, 0.6) is 0 Å². The molecule has 0 aromatic heterocycles. The fraction of sp³-hybridized carbons (Fsp3) is 0.917. The third kappa shape index (κ3) is 22.6. The average molecular weight is 202 g/mol. The maximum Gasteiger partial charge on any atom is 0.119 e. The molecule has 0 aliphatic carbocycles. The van der Waals surface area contributed by atoms with Gasteiger partial charge in [0.2, 0.25) is 0 Å². The molecule has 0 aromatic carbocycles. The molecular formula is C12H26O2. The molecule has 0 radical (unpaired) electrons. The minimum absolute atomic E-state index is 0.361. The van der Waals surface area contributed by atoms with Crippen LogP contribution in [-0.4, -0.2) is 18.0 Å². The van der Waals surface area contributed by atoms with Crippen LogP contribution in [0, 0.1) is 0 Å². The Labute approximate surface area is 88.7 Å². The minimum atomic E-state index is 0.361. The maximum atomic E-state index is 9.68. The molecule has 0 saturated carbocycles. The van der Waals surface area contributed by atoms with Crippen molar-refractivity contribution < 1.29 is 9.90 Å². The number of rotatable bonds is 8. The molecule has 0 aliphatic rings. The molecule has 0 atom stereocenters. The molecular weight excluding hydrogens is 176 g/mol. The van der Waals surface area contributed by atoms with Crippen molar-refractivity contribution in [2.45, 2.75) is 65.2 Å². The first-order valence-corrected chi connectivity index (χ1v) is 5.87. The number of aliphatic hydroxyl groups excluding tert-OH is 1. The second-order valence-corrected chi connectivity index (χ2v) is 3.45. The van der Waals surface area contributed by atoms with Crippen molar-refractivity contribution in [3.63, 3.8) is 0 Å². The summed E-state index contributed by atoms with van der Waals surface area (Å²) in [6, 6.07) is 0. The first-order valence-electron chi connectivity index (χ1n) is 5.87. The van der Waals surface area contributed by atoms with Gasteiger partial charge in [-0.1, -0.05) is 46.0 Å². The summed E-state index contributed by atoms with van der Waals surface area (Å²) in [7, 11) is 0. The molecule has 14 heavy (non-hydrogen) atoms. The monoisotopic (exact) mass is 202 g/mol. The molecule has 0 spiro atoms. The summed E-state index contributed by atoms with van der Waals surface area (Å²) in [5.41, 5.74) is 0. The van der Waals surface area contributed by atoms with Gasteiger partial charge < -0.3 is 9.90 Å². The third-order valence-electron chi connectivity index (χ3n) is 1.94. The van der Waals surface area contributed by atoms with Crippen molar-refractivity contribution in [1.82, 2.24) is 0 Å². The Balaban J connectivity index is 0. The highest BCUT2D eigenvalue weighted by Gasteiger charge is 1.81. The van der Waals surface area contributed by atoms with Crippen LogP contribution in [0.1, 0.15) is 65.2 Å². The number of unbranched alkanes of at least 4 members (excludes halogenated alkanes) is 6. The molecule has 0 saturated heterocycles. The van der Waals surface area contributed by atoms with Crippen molar-refractivity contribution in [3.05, 3.63) is 0 Å². The first kappa shape index (κ1) is 16.1. The lowest BCUT2D eigenvalue weighted by atomic mass is 10.2. The zero-order valence-electron chi connectivity index (χ0n) is 9.80. The van der Waals surface area contributed by atoms with Gasteiger partial charge in [-0.05, 0) is 12.8 Å². The summed E-state index contributed by atoms with van der Waals surface area (Å²) in [4.78, 5) is 9.68. The quantitative estimate of drug-likeness (QED) is 0.484. The molecule has 2 nitrogen and oxygen atoms in total. The van der Waals surface area contributed by atoms with Gasteiger partial charge in [-0.3, -0.25) is 0 Å². The minimum Gasteiger partial charge on any atom is -0.396 e. The Hall–Kier alpha value is -0.370. The van der Waals surface area contributed by atoms with Gasteiger partial charge in [0.15, 0.2) is 0 Å². The Morgan fingerprint density at radius 3 is 1.93 bits per heavy atom. The average Bonchev–Trinajstić information content (AvgIpc) is 2.21. The van der Waals surface area contributed by atoms with Gasteiger partial charge in [0.05, 0.1) is 0 Å². The number of hydrogen-bond donors (Lipinski definition) is 1. The van der Waals surface area contributed by atoms with Crippen molar-refractivity contribution in [2.24, 2.45) is 0 Å². The van der Waals surface area contributed by atoms with E-state index in [1.54, 1.807) is 0 Å². The van der Waals surface area contributed by atoms with Crippen molar-refractivity contribution in [2.75, 3.05) is 6.61 Å². The summed E-state index contributed by atoms with van der Waals surface area (Å²) in [6.07, 6.45) is 9.87. The fourth-order valence-electron chi connectivity index (χ4n) is 1.02. The SMILES string of the molecule is CCCCCC=O.CCCCCCO. The highest BCUT2D eigenvalue weighted by atomic mass is 16.2. The lowest BCUT2D eigenvalue weighted by molar-refractivity contribution is -0.107. The highest BCUT2D eigenvalue weighted by Crippen LogP contribution is 1.96. The van der Waals surface area contributed by atoms with E-state index in [0.29, 0.717) is 6.61 Å². The fourth-order valence-corrected chi connectivity index (χ4v) is 1.02. The highest BCUT2D eigenvalue weighted by molar-refractivity contribution is 5.48. The molecule has 0 aliphatic heterocycles. The van der Waals surface area contributed by atoms with E-state index >= 15 is 0 Å². The van der Waals surface area contributed by atoms with Crippen molar-refractivity contribution in [3.8, 4) is 0 Å². The van der Waals surface area contributed by atoms with E-state index in [2.05, 4.69) is 13.8 Å². The van der Waals surface area contributed by atoms with Gasteiger partial charge in [-0.25, -0.2) is 0 Å².